The van der Waals surface area contributed by atoms with Crippen LogP contribution in [0.3, 0.4) is 0 Å². The maximum atomic E-state index is 5.78. The molecule has 1 rings (SSSR count). The maximum absolute atomic E-state index is 5.78. The zero-order chi connectivity index (χ0) is 15.4. The van der Waals surface area contributed by atoms with Gasteiger partial charge in [-0.05, 0) is 34.9 Å². The summed E-state index contributed by atoms with van der Waals surface area (Å²) >= 11 is 5.78. The number of ether oxygens (including phenoxy) is 1. The molecule has 0 aliphatic heterocycles. The van der Waals surface area contributed by atoms with E-state index in [0.29, 0.717) is 23.8 Å². The zero-order valence-corrected chi connectivity index (χ0v) is 14.6. The predicted molar refractivity (Wildman–Crippen MR) is 88.9 cm³/mol. The second-order valence-electron chi connectivity index (χ2n) is 7.72. The van der Waals surface area contributed by atoms with Crippen LogP contribution in [0.5, 0.6) is 5.75 Å². The zero-order valence-electron chi connectivity index (χ0n) is 13.8. The molecule has 20 heavy (non-hydrogen) atoms. The summed E-state index contributed by atoms with van der Waals surface area (Å²) in [6, 6.07) is 8.51. The van der Waals surface area contributed by atoms with E-state index in [0.717, 1.165) is 12.2 Å². The van der Waals surface area contributed by atoms with Gasteiger partial charge in [-0.2, -0.15) is 0 Å². The summed E-state index contributed by atoms with van der Waals surface area (Å²) in [7, 11) is 0. The quantitative estimate of drug-likeness (QED) is 0.616. The van der Waals surface area contributed by atoms with E-state index >= 15 is 0 Å². The van der Waals surface area contributed by atoms with Gasteiger partial charge in [-0.3, -0.25) is 0 Å². The van der Waals surface area contributed by atoms with Crippen molar-refractivity contribution in [3.63, 3.8) is 0 Å². The van der Waals surface area contributed by atoms with Gasteiger partial charge in [0.15, 0.2) is 0 Å². The molecule has 0 radical (unpaired) electrons. The van der Waals surface area contributed by atoms with Crippen molar-refractivity contribution < 1.29 is 4.74 Å². The van der Waals surface area contributed by atoms with Crippen molar-refractivity contribution in [1.82, 2.24) is 0 Å². The Morgan fingerprint density at radius 1 is 1.05 bits per heavy atom. The molecule has 1 aromatic carbocycles. The van der Waals surface area contributed by atoms with Gasteiger partial charge >= 0.3 is 0 Å². The molecule has 0 heterocycles. The van der Waals surface area contributed by atoms with E-state index in [-0.39, 0.29) is 5.41 Å². The Balaban J connectivity index is 2.70. The molecule has 1 nitrogen and oxygen atoms in total. The van der Waals surface area contributed by atoms with Crippen LogP contribution in [-0.4, -0.2) is 12.5 Å². The van der Waals surface area contributed by atoms with Crippen LogP contribution in [0.25, 0.3) is 0 Å². The van der Waals surface area contributed by atoms with Crippen LogP contribution in [0, 0.1) is 11.3 Å². The second kappa shape index (κ2) is 6.85. The first-order chi connectivity index (χ1) is 9.14. The van der Waals surface area contributed by atoms with Gasteiger partial charge in [-0.15, -0.1) is 11.6 Å². The Labute approximate surface area is 129 Å². The van der Waals surface area contributed by atoms with Gasteiger partial charge in [0.1, 0.15) is 5.75 Å². The average molecular weight is 297 g/mol. The molecule has 0 saturated heterocycles. The number of benzene rings is 1. The Kier molecular flexibility index (Phi) is 5.94. The highest BCUT2D eigenvalue weighted by Gasteiger charge is 2.27. The van der Waals surface area contributed by atoms with Crippen molar-refractivity contribution in [1.29, 1.82) is 0 Å². The minimum atomic E-state index is 0.181. The smallest absolute Gasteiger partial charge is 0.119 e. The standard InChI is InChI=1S/C18H29ClO/c1-14(11-19)12-20-16-9-7-15(8-10-16)18(5,6)13-17(2,3)4/h7-10,14H,11-13H2,1-6H3. The van der Waals surface area contributed by atoms with E-state index in [9.17, 15) is 0 Å². The van der Waals surface area contributed by atoms with Crippen molar-refractivity contribution in [3.05, 3.63) is 29.8 Å². The first-order valence-electron chi connectivity index (χ1n) is 7.43. The number of alkyl halides is 1. The molecule has 114 valence electrons. The SMILES string of the molecule is CC(CCl)COc1ccc(C(C)(C)CC(C)(C)C)cc1. The highest BCUT2D eigenvalue weighted by molar-refractivity contribution is 6.18. The van der Waals surface area contributed by atoms with Crippen LogP contribution in [-0.2, 0) is 5.41 Å². The fourth-order valence-electron chi connectivity index (χ4n) is 2.71. The second-order valence-corrected chi connectivity index (χ2v) is 8.02. The summed E-state index contributed by atoms with van der Waals surface area (Å²) in [5.41, 5.74) is 1.87. The lowest BCUT2D eigenvalue weighted by Crippen LogP contribution is -2.24. The minimum Gasteiger partial charge on any atom is -0.493 e. The van der Waals surface area contributed by atoms with E-state index in [4.69, 9.17) is 16.3 Å². The van der Waals surface area contributed by atoms with Gasteiger partial charge in [0, 0.05) is 11.8 Å². The molecule has 0 aromatic heterocycles. The van der Waals surface area contributed by atoms with Crippen molar-refractivity contribution in [2.24, 2.45) is 11.3 Å². The Hall–Kier alpha value is -0.690. The monoisotopic (exact) mass is 296 g/mol. The predicted octanol–water partition coefficient (Wildman–Crippen LogP) is 5.65. The molecule has 1 atom stereocenters. The van der Waals surface area contributed by atoms with Gasteiger partial charge in [0.2, 0.25) is 0 Å². The number of rotatable bonds is 6. The minimum absolute atomic E-state index is 0.181. The Morgan fingerprint density at radius 3 is 2.05 bits per heavy atom. The Bertz CT molecular complexity index is 400. The van der Waals surface area contributed by atoms with E-state index < -0.39 is 0 Å². The molecule has 0 aliphatic carbocycles. The molecule has 0 amide bonds. The van der Waals surface area contributed by atoms with Gasteiger partial charge in [-0.25, -0.2) is 0 Å². The van der Waals surface area contributed by atoms with Gasteiger partial charge in [0.05, 0.1) is 6.61 Å². The normalized spacial score (nSPS) is 14.2. The molecule has 0 spiro atoms. The van der Waals surface area contributed by atoms with Gasteiger partial charge < -0.3 is 4.74 Å². The lowest BCUT2D eigenvalue weighted by atomic mass is 9.72. The third kappa shape index (κ3) is 5.75. The van der Waals surface area contributed by atoms with E-state index in [1.54, 1.807) is 0 Å². The lowest BCUT2D eigenvalue weighted by molar-refractivity contribution is 0.271. The first kappa shape index (κ1) is 17.4. The third-order valence-corrected chi connectivity index (χ3v) is 3.93. The molecule has 0 saturated carbocycles. The van der Waals surface area contributed by atoms with Gasteiger partial charge in [-0.1, -0.05) is 53.7 Å². The fourth-order valence-corrected chi connectivity index (χ4v) is 2.80. The lowest BCUT2D eigenvalue weighted by Gasteiger charge is -2.33. The highest BCUT2D eigenvalue weighted by atomic mass is 35.5. The van der Waals surface area contributed by atoms with Gasteiger partial charge in [0.25, 0.3) is 0 Å². The third-order valence-electron chi connectivity index (χ3n) is 3.41. The molecular weight excluding hydrogens is 268 g/mol. The average Bonchev–Trinajstić information content (AvgIpc) is 2.33. The van der Waals surface area contributed by atoms with Crippen LogP contribution in [0.1, 0.15) is 53.5 Å². The topological polar surface area (TPSA) is 9.23 Å². The van der Waals surface area contributed by atoms with E-state index in [1.165, 1.54) is 5.56 Å². The molecule has 1 unspecified atom stereocenters. The van der Waals surface area contributed by atoms with Crippen LogP contribution < -0.4 is 4.74 Å². The summed E-state index contributed by atoms with van der Waals surface area (Å²) < 4.78 is 5.74. The molecule has 0 fully saturated rings. The molecule has 2 heteroatoms. The van der Waals surface area contributed by atoms with Crippen molar-refractivity contribution >= 4 is 11.6 Å². The number of halogens is 1. The van der Waals surface area contributed by atoms with Crippen molar-refractivity contribution in [2.75, 3.05) is 12.5 Å². The fraction of sp³-hybridized carbons (Fsp3) is 0.667. The summed E-state index contributed by atoms with van der Waals surface area (Å²) in [6.45, 7) is 14.3. The molecular formula is C18H29ClO. The summed E-state index contributed by atoms with van der Waals surface area (Å²) in [5, 5.41) is 0. The van der Waals surface area contributed by atoms with Crippen molar-refractivity contribution in [2.45, 2.75) is 53.4 Å². The summed E-state index contributed by atoms with van der Waals surface area (Å²) in [5.74, 6) is 1.95. The number of hydrogen-bond donors (Lipinski definition) is 0. The molecule has 1 aromatic rings. The molecule has 0 bridgehead atoms. The largest absolute Gasteiger partial charge is 0.493 e. The van der Waals surface area contributed by atoms with Crippen LogP contribution >= 0.6 is 11.6 Å². The summed E-state index contributed by atoms with van der Waals surface area (Å²) in [6.07, 6.45) is 1.16. The maximum Gasteiger partial charge on any atom is 0.119 e. The summed E-state index contributed by atoms with van der Waals surface area (Å²) in [4.78, 5) is 0. The van der Waals surface area contributed by atoms with E-state index in [1.807, 2.05) is 0 Å². The first-order valence-corrected chi connectivity index (χ1v) is 7.97. The molecule has 0 N–H and O–H groups in total. The Morgan fingerprint density at radius 2 is 1.60 bits per heavy atom. The highest BCUT2D eigenvalue weighted by Crippen LogP contribution is 2.36. The van der Waals surface area contributed by atoms with Crippen LogP contribution in [0.15, 0.2) is 24.3 Å². The van der Waals surface area contributed by atoms with E-state index in [2.05, 4.69) is 65.8 Å². The van der Waals surface area contributed by atoms with Crippen LogP contribution in [0.2, 0.25) is 0 Å². The number of hydrogen-bond acceptors (Lipinski definition) is 1. The van der Waals surface area contributed by atoms with Crippen LogP contribution in [0.4, 0.5) is 0 Å². The van der Waals surface area contributed by atoms with Crippen molar-refractivity contribution in [3.8, 4) is 5.75 Å². The molecule has 0 aliphatic rings.